The minimum absolute atomic E-state index is 0.698. The van der Waals surface area contributed by atoms with Gasteiger partial charge in [0.1, 0.15) is 0 Å². The van der Waals surface area contributed by atoms with Crippen molar-refractivity contribution in [2.24, 2.45) is 11.8 Å². The molecule has 2 unspecified atom stereocenters. The molecule has 0 bridgehead atoms. The van der Waals surface area contributed by atoms with Crippen LogP contribution >= 0.6 is 0 Å². The molecule has 0 saturated heterocycles. The molecular formula is C48H70O. The van der Waals surface area contributed by atoms with Gasteiger partial charge in [-0.15, -0.1) is 0 Å². The van der Waals surface area contributed by atoms with Gasteiger partial charge < -0.3 is 4.74 Å². The molecule has 2 atom stereocenters. The largest absolute Gasteiger partial charge is 0.381 e. The van der Waals surface area contributed by atoms with Gasteiger partial charge in [0.05, 0.1) is 13.2 Å². The lowest BCUT2D eigenvalue weighted by atomic mass is 9.76. The summed E-state index contributed by atoms with van der Waals surface area (Å²) in [6.45, 7) is 6.42. The van der Waals surface area contributed by atoms with Gasteiger partial charge in [-0.2, -0.15) is 0 Å². The molecule has 0 N–H and O–H groups in total. The Kier molecular flexibility index (Phi) is 14.6. The van der Waals surface area contributed by atoms with Crippen LogP contribution in [0.1, 0.15) is 201 Å². The summed E-state index contributed by atoms with van der Waals surface area (Å²) in [6, 6.07) is 19.7. The number of hydrogen-bond donors (Lipinski definition) is 0. The number of hydrogen-bond acceptors (Lipinski definition) is 1. The van der Waals surface area contributed by atoms with E-state index in [0.29, 0.717) is 11.8 Å². The minimum Gasteiger partial charge on any atom is -0.381 e. The molecule has 6 rings (SSSR count). The third-order valence-electron chi connectivity index (χ3n) is 13.5. The Balaban J connectivity index is 0.838. The first-order chi connectivity index (χ1) is 24.2. The Hall–Kier alpha value is -2.12. The fourth-order valence-corrected chi connectivity index (χ4v) is 9.98. The lowest BCUT2D eigenvalue weighted by Gasteiger charge is -2.29. The van der Waals surface area contributed by atoms with Gasteiger partial charge in [0.15, 0.2) is 0 Å². The summed E-state index contributed by atoms with van der Waals surface area (Å²) in [7, 11) is 0. The Morgan fingerprint density at radius 3 is 1.16 bits per heavy atom. The van der Waals surface area contributed by atoms with Crippen molar-refractivity contribution in [3.05, 3.63) is 94.1 Å². The number of rotatable bonds is 16. The van der Waals surface area contributed by atoms with Crippen LogP contribution in [0.5, 0.6) is 0 Å². The average Bonchev–Trinajstić information content (AvgIpc) is 3.17. The van der Waals surface area contributed by atoms with Crippen molar-refractivity contribution < 1.29 is 4.74 Å². The monoisotopic (exact) mass is 663 g/mol. The topological polar surface area (TPSA) is 9.23 Å². The van der Waals surface area contributed by atoms with E-state index in [9.17, 15) is 0 Å². The molecule has 4 aliphatic rings. The van der Waals surface area contributed by atoms with E-state index < -0.39 is 0 Å². The van der Waals surface area contributed by atoms with Gasteiger partial charge in [-0.25, -0.2) is 0 Å². The van der Waals surface area contributed by atoms with E-state index in [1.54, 1.807) is 33.4 Å². The van der Waals surface area contributed by atoms with Crippen molar-refractivity contribution >= 4 is 0 Å². The predicted molar refractivity (Wildman–Crippen MR) is 211 cm³/mol. The maximum Gasteiger partial charge on any atom is 0.0503 e. The summed E-state index contributed by atoms with van der Waals surface area (Å²) < 4.78 is 6.17. The smallest absolute Gasteiger partial charge is 0.0503 e. The molecule has 2 aromatic rings. The zero-order valence-electron chi connectivity index (χ0n) is 31.6. The van der Waals surface area contributed by atoms with Gasteiger partial charge in [0.2, 0.25) is 0 Å². The van der Waals surface area contributed by atoms with E-state index in [0.717, 1.165) is 49.7 Å². The van der Waals surface area contributed by atoms with Crippen molar-refractivity contribution in [2.45, 2.75) is 179 Å². The molecule has 1 nitrogen and oxygen atoms in total. The summed E-state index contributed by atoms with van der Waals surface area (Å²) in [6.07, 6.45) is 34.6. The van der Waals surface area contributed by atoms with Gasteiger partial charge >= 0.3 is 0 Å². The van der Waals surface area contributed by atoms with Crippen molar-refractivity contribution in [1.82, 2.24) is 0 Å². The third kappa shape index (κ3) is 10.9. The minimum atomic E-state index is 0.698. The first-order valence-electron chi connectivity index (χ1n) is 21.3. The van der Waals surface area contributed by atoms with Gasteiger partial charge in [-0.3, -0.25) is 0 Å². The Morgan fingerprint density at radius 1 is 0.469 bits per heavy atom. The van der Waals surface area contributed by atoms with Crippen LogP contribution in [0, 0.1) is 11.8 Å². The highest BCUT2D eigenvalue weighted by Crippen LogP contribution is 2.41. The highest BCUT2D eigenvalue weighted by Gasteiger charge is 2.24. The molecule has 0 heterocycles. The second-order valence-electron chi connectivity index (χ2n) is 16.8. The second-order valence-corrected chi connectivity index (χ2v) is 16.8. The second kappa shape index (κ2) is 19.5. The molecule has 0 spiro atoms. The summed E-state index contributed by atoms with van der Waals surface area (Å²) in [5.74, 6) is 4.99. The Bertz CT molecular complexity index is 1180. The van der Waals surface area contributed by atoms with E-state index in [4.69, 9.17) is 4.74 Å². The summed E-state index contributed by atoms with van der Waals surface area (Å²) in [5, 5.41) is 0. The highest BCUT2D eigenvalue weighted by molar-refractivity contribution is 5.31. The number of unbranched alkanes of at least 4 members (excludes halogenated alkanes) is 2. The SMILES string of the molecule is CCCCC1CCC(c2ccc(C3CC=C(CCOCCC4=CCC(c5ccc(C6CCC(CCCC)CC6)cc5)CC4)CC3)cc2)CC1. The molecule has 0 aromatic heterocycles. The van der Waals surface area contributed by atoms with Crippen LogP contribution in [0.4, 0.5) is 0 Å². The molecule has 1 heteroatoms. The molecule has 268 valence electrons. The first-order valence-corrected chi connectivity index (χ1v) is 21.3. The van der Waals surface area contributed by atoms with Crippen LogP contribution in [0.15, 0.2) is 71.8 Å². The van der Waals surface area contributed by atoms with Gasteiger partial charge in [-0.05, 0) is 160 Å². The van der Waals surface area contributed by atoms with Crippen molar-refractivity contribution in [1.29, 1.82) is 0 Å². The van der Waals surface area contributed by atoms with E-state index >= 15 is 0 Å². The fourth-order valence-electron chi connectivity index (χ4n) is 9.98. The average molecular weight is 663 g/mol. The van der Waals surface area contributed by atoms with Crippen LogP contribution in [-0.4, -0.2) is 13.2 Å². The summed E-state index contributed by atoms with van der Waals surface area (Å²) in [5.41, 5.74) is 9.56. The normalized spacial score (nSPS) is 27.8. The molecule has 2 saturated carbocycles. The highest BCUT2D eigenvalue weighted by atomic mass is 16.5. The quantitative estimate of drug-likeness (QED) is 0.128. The summed E-state index contributed by atoms with van der Waals surface area (Å²) >= 11 is 0. The van der Waals surface area contributed by atoms with Crippen LogP contribution < -0.4 is 0 Å². The number of allylic oxidation sites excluding steroid dienone is 2. The molecule has 0 amide bonds. The van der Waals surface area contributed by atoms with Gasteiger partial charge in [0, 0.05) is 0 Å². The molecule has 49 heavy (non-hydrogen) atoms. The van der Waals surface area contributed by atoms with E-state index in [1.165, 1.54) is 128 Å². The lowest BCUT2D eigenvalue weighted by molar-refractivity contribution is 0.138. The van der Waals surface area contributed by atoms with Crippen LogP contribution in [0.25, 0.3) is 0 Å². The summed E-state index contributed by atoms with van der Waals surface area (Å²) in [4.78, 5) is 0. The van der Waals surface area contributed by atoms with Crippen LogP contribution in [0.2, 0.25) is 0 Å². The Labute approximate surface area is 301 Å². The van der Waals surface area contributed by atoms with Crippen LogP contribution in [-0.2, 0) is 4.74 Å². The van der Waals surface area contributed by atoms with Gasteiger partial charge in [0.25, 0.3) is 0 Å². The standard InChI is InChI=1S/C48H70O/c1-3-5-7-37-9-17-41(18-10-37)45-25-29-47(30-26-45)43-21-13-39(14-22-43)33-35-49-36-34-40-15-23-44(24-16-40)48-31-27-46(28-32-48)42-19-11-38(12-20-42)8-6-4-2/h13,15,25-32,37-38,41-44H,3-12,14,16-24,33-36H2,1-2H3. The van der Waals surface area contributed by atoms with E-state index in [-0.39, 0.29) is 0 Å². The van der Waals surface area contributed by atoms with Crippen LogP contribution in [0.3, 0.4) is 0 Å². The lowest BCUT2D eigenvalue weighted by Crippen LogP contribution is -2.13. The predicted octanol–water partition coefficient (Wildman–Crippen LogP) is 14.5. The molecule has 4 aliphatic carbocycles. The zero-order chi connectivity index (χ0) is 33.7. The van der Waals surface area contributed by atoms with Gasteiger partial charge in [-0.1, -0.05) is 124 Å². The molecular weight excluding hydrogens is 593 g/mol. The third-order valence-corrected chi connectivity index (χ3v) is 13.5. The molecule has 0 aliphatic heterocycles. The molecule has 2 fully saturated rings. The first kappa shape index (κ1) is 36.7. The molecule has 2 aromatic carbocycles. The van der Waals surface area contributed by atoms with Crippen molar-refractivity contribution in [3.8, 4) is 0 Å². The van der Waals surface area contributed by atoms with Crippen molar-refractivity contribution in [2.75, 3.05) is 13.2 Å². The van der Waals surface area contributed by atoms with E-state index in [1.807, 2.05) is 0 Å². The number of ether oxygens (including phenoxy) is 1. The maximum absolute atomic E-state index is 6.17. The van der Waals surface area contributed by atoms with Crippen molar-refractivity contribution in [3.63, 3.8) is 0 Å². The number of benzene rings is 2. The Morgan fingerprint density at radius 2 is 0.837 bits per heavy atom. The van der Waals surface area contributed by atoms with E-state index in [2.05, 4.69) is 74.5 Å². The molecule has 0 radical (unpaired) electrons. The zero-order valence-corrected chi connectivity index (χ0v) is 31.6. The maximum atomic E-state index is 6.17. The fraction of sp³-hybridized carbons (Fsp3) is 0.667.